The highest BCUT2D eigenvalue weighted by Crippen LogP contribution is 2.25. The van der Waals surface area contributed by atoms with E-state index in [-0.39, 0.29) is 0 Å². The van der Waals surface area contributed by atoms with Crippen molar-refractivity contribution in [3.05, 3.63) is 16.7 Å². The summed E-state index contributed by atoms with van der Waals surface area (Å²) in [6, 6.07) is 3.80. The van der Waals surface area contributed by atoms with Gasteiger partial charge in [-0.15, -0.1) is 0 Å². The number of nitrogens with one attached hydrogen (secondary N) is 1. The molecule has 12 heavy (non-hydrogen) atoms. The Hall–Kier alpha value is -0.770. The van der Waals surface area contributed by atoms with Gasteiger partial charge in [-0.2, -0.15) is 0 Å². The van der Waals surface area contributed by atoms with Gasteiger partial charge in [0.1, 0.15) is 4.60 Å². The topological polar surface area (TPSA) is 34.2 Å². The Labute approximate surface area is 79.3 Å². The fraction of sp³-hybridized carbons (Fsp3) is 0.375. The molecule has 0 bridgehead atoms. The van der Waals surface area contributed by atoms with Gasteiger partial charge in [0.2, 0.25) is 0 Å². The minimum atomic E-state index is 0.767. The summed E-state index contributed by atoms with van der Waals surface area (Å²) < 4.78 is 6.29. The molecule has 3 nitrogen and oxygen atoms in total. The van der Waals surface area contributed by atoms with Crippen molar-refractivity contribution < 1.29 is 4.74 Å². The number of halogens is 1. The Bertz CT molecular complexity index is 290. The van der Waals surface area contributed by atoms with E-state index in [0.29, 0.717) is 0 Å². The zero-order valence-electron chi connectivity index (χ0n) is 6.51. The molecule has 0 saturated carbocycles. The normalized spacial score (nSPS) is 15.4. The molecule has 2 rings (SSSR count). The summed E-state index contributed by atoms with van der Waals surface area (Å²) in [4.78, 5) is 4.25. The summed E-state index contributed by atoms with van der Waals surface area (Å²) in [5.74, 6) is 1.68. The third kappa shape index (κ3) is 1.53. The van der Waals surface area contributed by atoms with Crippen molar-refractivity contribution in [2.24, 2.45) is 0 Å². The summed E-state index contributed by atoms with van der Waals surface area (Å²) in [6.07, 6.45) is 1.02. The number of ether oxygens (including phenoxy) is 1. The number of hydrogen-bond acceptors (Lipinski definition) is 3. The van der Waals surface area contributed by atoms with Crippen LogP contribution in [0.25, 0.3) is 0 Å². The SMILES string of the molecule is Brc1ccc2c(n1)NCCCO2. The van der Waals surface area contributed by atoms with E-state index >= 15 is 0 Å². The van der Waals surface area contributed by atoms with Crippen molar-refractivity contribution in [2.45, 2.75) is 6.42 Å². The lowest BCUT2D eigenvalue weighted by Crippen LogP contribution is -2.01. The molecular formula is C8H9BrN2O. The van der Waals surface area contributed by atoms with Crippen molar-refractivity contribution in [3.8, 4) is 5.75 Å². The lowest BCUT2D eigenvalue weighted by atomic mass is 10.4. The van der Waals surface area contributed by atoms with Crippen LogP contribution < -0.4 is 10.1 Å². The van der Waals surface area contributed by atoms with Crippen LogP contribution >= 0.6 is 15.9 Å². The summed E-state index contributed by atoms with van der Waals surface area (Å²) in [6.45, 7) is 1.69. The first-order valence-electron chi connectivity index (χ1n) is 3.89. The van der Waals surface area contributed by atoms with Gasteiger partial charge < -0.3 is 10.1 Å². The van der Waals surface area contributed by atoms with E-state index in [1.54, 1.807) is 0 Å². The van der Waals surface area contributed by atoms with E-state index in [0.717, 1.165) is 35.7 Å². The Kier molecular flexibility index (Phi) is 2.17. The highest BCUT2D eigenvalue weighted by Gasteiger charge is 2.08. The molecule has 0 atom stereocenters. The van der Waals surface area contributed by atoms with Crippen molar-refractivity contribution in [2.75, 3.05) is 18.5 Å². The van der Waals surface area contributed by atoms with E-state index in [9.17, 15) is 0 Å². The van der Waals surface area contributed by atoms with Crippen molar-refractivity contribution in [3.63, 3.8) is 0 Å². The molecule has 0 unspecified atom stereocenters. The Balaban J connectivity index is 2.36. The number of pyridine rings is 1. The van der Waals surface area contributed by atoms with E-state index in [1.807, 2.05) is 12.1 Å². The Morgan fingerprint density at radius 1 is 1.50 bits per heavy atom. The second kappa shape index (κ2) is 3.31. The predicted octanol–water partition coefficient (Wildman–Crippen LogP) is 2.04. The maximum absolute atomic E-state index is 5.46. The summed E-state index contributed by atoms with van der Waals surface area (Å²) in [7, 11) is 0. The predicted molar refractivity (Wildman–Crippen MR) is 50.5 cm³/mol. The summed E-state index contributed by atoms with van der Waals surface area (Å²) >= 11 is 3.31. The molecule has 1 N–H and O–H groups in total. The molecule has 0 saturated heterocycles. The molecule has 0 fully saturated rings. The van der Waals surface area contributed by atoms with E-state index in [1.165, 1.54) is 0 Å². The van der Waals surface area contributed by atoms with Gasteiger partial charge in [0.05, 0.1) is 6.61 Å². The van der Waals surface area contributed by atoms with Gasteiger partial charge in [0, 0.05) is 6.54 Å². The zero-order chi connectivity index (χ0) is 8.39. The van der Waals surface area contributed by atoms with Gasteiger partial charge >= 0.3 is 0 Å². The van der Waals surface area contributed by atoms with Gasteiger partial charge in [0.25, 0.3) is 0 Å². The third-order valence-corrected chi connectivity index (χ3v) is 2.14. The van der Waals surface area contributed by atoms with Crippen LogP contribution in [0.5, 0.6) is 5.75 Å². The van der Waals surface area contributed by atoms with Crippen LogP contribution in [0.2, 0.25) is 0 Å². The minimum Gasteiger partial charge on any atom is -0.490 e. The monoisotopic (exact) mass is 228 g/mol. The zero-order valence-corrected chi connectivity index (χ0v) is 8.10. The second-order valence-electron chi connectivity index (χ2n) is 2.61. The maximum atomic E-state index is 5.46. The van der Waals surface area contributed by atoms with Crippen LogP contribution in [-0.4, -0.2) is 18.1 Å². The van der Waals surface area contributed by atoms with Crippen molar-refractivity contribution in [1.29, 1.82) is 0 Å². The average molecular weight is 229 g/mol. The van der Waals surface area contributed by atoms with Crippen LogP contribution in [0.1, 0.15) is 6.42 Å². The molecule has 64 valence electrons. The molecule has 1 aliphatic rings. The van der Waals surface area contributed by atoms with Crippen LogP contribution in [0.3, 0.4) is 0 Å². The minimum absolute atomic E-state index is 0.767. The Morgan fingerprint density at radius 3 is 3.33 bits per heavy atom. The second-order valence-corrected chi connectivity index (χ2v) is 3.42. The highest BCUT2D eigenvalue weighted by molar-refractivity contribution is 9.10. The molecule has 1 aromatic rings. The Morgan fingerprint density at radius 2 is 2.42 bits per heavy atom. The number of fused-ring (bicyclic) bond motifs is 1. The average Bonchev–Trinajstić information content (AvgIpc) is 2.28. The van der Waals surface area contributed by atoms with E-state index in [2.05, 4.69) is 26.2 Å². The number of aromatic nitrogens is 1. The molecule has 4 heteroatoms. The molecule has 0 aliphatic carbocycles. The van der Waals surface area contributed by atoms with Gasteiger partial charge in [0.15, 0.2) is 11.6 Å². The van der Waals surface area contributed by atoms with Crippen molar-refractivity contribution in [1.82, 2.24) is 4.98 Å². The molecule has 0 aromatic carbocycles. The fourth-order valence-corrected chi connectivity index (χ4v) is 1.44. The molecule has 1 aromatic heterocycles. The first-order valence-corrected chi connectivity index (χ1v) is 4.69. The smallest absolute Gasteiger partial charge is 0.169 e. The molecule has 0 spiro atoms. The number of anilines is 1. The molecule has 0 amide bonds. The van der Waals surface area contributed by atoms with Gasteiger partial charge in [-0.25, -0.2) is 4.98 Å². The fourth-order valence-electron chi connectivity index (χ4n) is 1.13. The highest BCUT2D eigenvalue weighted by atomic mass is 79.9. The third-order valence-electron chi connectivity index (χ3n) is 1.70. The van der Waals surface area contributed by atoms with E-state index < -0.39 is 0 Å². The van der Waals surface area contributed by atoms with E-state index in [4.69, 9.17) is 4.74 Å². The van der Waals surface area contributed by atoms with Crippen LogP contribution in [0.15, 0.2) is 16.7 Å². The summed E-state index contributed by atoms with van der Waals surface area (Å²) in [5, 5.41) is 3.20. The maximum Gasteiger partial charge on any atom is 0.169 e. The lowest BCUT2D eigenvalue weighted by Gasteiger charge is -2.05. The quantitative estimate of drug-likeness (QED) is 0.691. The number of nitrogens with zero attached hydrogens (tertiary/aromatic N) is 1. The molecule has 0 radical (unpaired) electrons. The van der Waals surface area contributed by atoms with Gasteiger partial charge in [-0.1, -0.05) is 0 Å². The first-order chi connectivity index (χ1) is 5.86. The first kappa shape index (κ1) is 7.86. The standard InChI is InChI=1S/C8H9BrN2O/c9-7-3-2-6-8(11-7)10-4-1-5-12-6/h2-3H,1,4-5H2,(H,10,11). The van der Waals surface area contributed by atoms with Crippen LogP contribution in [0, 0.1) is 0 Å². The van der Waals surface area contributed by atoms with Gasteiger partial charge in [-0.3, -0.25) is 0 Å². The van der Waals surface area contributed by atoms with Crippen molar-refractivity contribution >= 4 is 21.7 Å². The van der Waals surface area contributed by atoms with Crippen LogP contribution in [-0.2, 0) is 0 Å². The largest absolute Gasteiger partial charge is 0.490 e. The molecular weight excluding hydrogens is 220 g/mol. The van der Waals surface area contributed by atoms with Crippen LogP contribution in [0.4, 0.5) is 5.82 Å². The lowest BCUT2D eigenvalue weighted by molar-refractivity contribution is 0.322. The van der Waals surface area contributed by atoms with Gasteiger partial charge in [-0.05, 0) is 34.5 Å². The summed E-state index contributed by atoms with van der Waals surface area (Å²) in [5.41, 5.74) is 0. The number of rotatable bonds is 0. The molecule has 1 aliphatic heterocycles. The number of hydrogen-bond donors (Lipinski definition) is 1. The molecule has 2 heterocycles.